The third kappa shape index (κ3) is 0.966. The lowest BCUT2D eigenvalue weighted by Gasteiger charge is -1.88. The second-order valence-corrected chi connectivity index (χ2v) is 4.19. The molecule has 2 heteroatoms. The third-order valence-corrected chi connectivity index (χ3v) is 3.12. The van der Waals surface area contributed by atoms with Crippen molar-refractivity contribution in [2.45, 2.75) is 32.6 Å². The first-order chi connectivity index (χ1) is 4.77. The molecule has 0 N–H and O–H groups in total. The Bertz CT molecular complexity index is 248. The van der Waals surface area contributed by atoms with Crippen LogP contribution >= 0.6 is 11.3 Å². The monoisotopic (exact) mass is 153 g/mol. The maximum atomic E-state index is 4.39. The minimum atomic E-state index is 0.881. The summed E-state index contributed by atoms with van der Waals surface area (Å²) in [4.78, 5) is 5.93. The van der Waals surface area contributed by atoms with E-state index in [4.69, 9.17) is 0 Å². The molecular weight excluding hydrogens is 142 g/mol. The molecular formula is C8H11NS. The molecule has 1 heterocycles. The Hall–Kier alpha value is -0.370. The zero-order valence-corrected chi connectivity index (χ0v) is 7.16. The number of hydrogen-bond donors (Lipinski definition) is 0. The maximum absolute atomic E-state index is 4.39. The van der Waals surface area contributed by atoms with Crippen LogP contribution in [0.15, 0.2) is 0 Å². The molecule has 0 atom stereocenters. The van der Waals surface area contributed by atoms with Crippen LogP contribution in [0.2, 0.25) is 0 Å². The molecule has 0 unspecified atom stereocenters. The van der Waals surface area contributed by atoms with Gasteiger partial charge in [0.05, 0.1) is 10.7 Å². The van der Waals surface area contributed by atoms with Crippen molar-refractivity contribution in [1.82, 2.24) is 4.98 Å². The van der Waals surface area contributed by atoms with Crippen LogP contribution in [0, 0.1) is 13.8 Å². The smallest absolute Gasteiger partial charge is 0.0900 e. The van der Waals surface area contributed by atoms with Gasteiger partial charge in [-0.05, 0) is 32.6 Å². The Balaban J connectivity index is 2.38. The third-order valence-electron chi connectivity index (χ3n) is 1.89. The van der Waals surface area contributed by atoms with Gasteiger partial charge in [-0.15, -0.1) is 11.3 Å². The first-order valence-electron chi connectivity index (χ1n) is 3.71. The van der Waals surface area contributed by atoms with E-state index >= 15 is 0 Å². The fraction of sp³-hybridized carbons (Fsp3) is 0.625. The highest BCUT2D eigenvalue weighted by Crippen LogP contribution is 2.44. The van der Waals surface area contributed by atoms with E-state index in [0.29, 0.717) is 0 Å². The Morgan fingerprint density at radius 2 is 2.10 bits per heavy atom. The summed E-state index contributed by atoms with van der Waals surface area (Å²) in [5, 5.41) is 1.22. The van der Waals surface area contributed by atoms with E-state index in [1.165, 1.54) is 28.4 Å². The zero-order chi connectivity index (χ0) is 7.14. The molecule has 0 saturated heterocycles. The van der Waals surface area contributed by atoms with Crippen LogP contribution in [-0.2, 0) is 0 Å². The van der Waals surface area contributed by atoms with Gasteiger partial charge in [-0.2, -0.15) is 0 Å². The van der Waals surface area contributed by atoms with E-state index in [1.54, 1.807) is 0 Å². The van der Waals surface area contributed by atoms with E-state index < -0.39 is 0 Å². The van der Waals surface area contributed by atoms with Crippen LogP contribution in [0.25, 0.3) is 0 Å². The number of aryl methyl sites for hydroxylation is 2. The second kappa shape index (κ2) is 2.06. The summed E-state index contributed by atoms with van der Waals surface area (Å²) in [6.07, 6.45) is 2.78. The van der Waals surface area contributed by atoms with Gasteiger partial charge in [-0.1, -0.05) is 0 Å². The van der Waals surface area contributed by atoms with Crippen molar-refractivity contribution in [3.63, 3.8) is 0 Å². The average molecular weight is 153 g/mol. The maximum Gasteiger partial charge on any atom is 0.0900 e. The van der Waals surface area contributed by atoms with Gasteiger partial charge in [0.2, 0.25) is 0 Å². The molecule has 0 radical (unpaired) electrons. The highest BCUT2D eigenvalue weighted by Gasteiger charge is 2.27. The molecule has 0 aromatic carbocycles. The van der Waals surface area contributed by atoms with Crippen LogP contribution in [-0.4, -0.2) is 4.98 Å². The van der Waals surface area contributed by atoms with Crippen molar-refractivity contribution in [1.29, 1.82) is 0 Å². The second-order valence-electron chi connectivity index (χ2n) is 2.96. The Kier molecular flexibility index (Phi) is 1.31. The normalized spacial score (nSPS) is 17.8. The van der Waals surface area contributed by atoms with E-state index in [0.717, 1.165) is 5.92 Å². The summed E-state index contributed by atoms with van der Waals surface area (Å²) >= 11 is 1.87. The summed E-state index contributed by atoms with van der Waals surface area (Å²) in [5.41, 5.74) is 1.27. The molecule has 0 amide bonds. The lowest BCUT2D eigenvalue weighted by molar-refractivity contribution is 1.09. The number of nitrogens with zero attached hydrogens (tertiary/aromatic N) is 1. The van der Waals surface area contributed by atoms with Crippen molar-refractivity contribution in [3.8, 4) is 0 Å². The predicted molar refractivity (Wildman–Crippen MR) is 43.6 cm³/mol. The summed E-state index contributed by atoms with van der Waals surface area (Å²) in [6, 6.07) is 0. The average Bonchev–Trinajstić information content (AvgIpc) is 2.61. The predicted octanol–water partition coefficient (Wildman–Crippen LogP) is 2.64. The minimum Gasteiger partial charge on any atom is -0.247 e. The lowest BCUT2D eigenvalue weighted by Crippen LogP contribution is -1.77. The topological polar surface area (TPSA) is 12.9 Å². The largest absolute Gasteiger partial charge is 0.247 e. The molecule has 0 bridgehead atoms. The van der Waals surface area contributed by atoms with E-state index in [9.17, 15) is 0 Å². The quantitative estimate of drug-likeness (QED) is 0.604. The number of hydrogen-bond acceptors (Lipinski definition) is 2. The van der Waals surface area contributed by atoms with Crippen molar-refractivity contribution in [2.24, 2.45) is 0 Å². The van der Waals surface area contributed by atoms with Gasteiger partial charge in [0.25, 0.3) is 0 Å². The van der Waals surface area contributed by atoms with Crippen molar-refractivity contribution < 1.29 is 0 Å². The molecule has 2 rings (SSSR count). The Labute approximate surface area is 65.1 Å². The lowest BCUT2D eigenvalue weighted by atomic mass is 10.3. The van der Waals surface area contributed by atoms with Crippen LogP contribution in [0.3, 0.4) is 0 Å². The van der Waals surface area contributed by atoms with Crippen molar-refractivity contribution >= 4 is 11.3 Å². The highest BCUT2D eigenvalue weighted by molar-refractivity contribution is 7.11. The summed E-state index contributed by atoms with van der Waals surface area (Å²) in [6.45, 7) is 4.21. The van der Waals surface area contributed by atoms with Crippen LogP contribution in [0.1, 0.15) is 34.3 Å². The summed E-state index contributed by atoms with van der Waals surface area (Å²) in [5.74, 6) is 0.881. The molecule has 0 spiro atoms. The number of aromatic nitrogens is 1. The standard InChI is InChI=1S/C8H11NS/c1-5-8(7-3-4-7)10-6(2)9-5/h7H,3-4H2,1-2H3. The molecule has 1 aromatic rings. The molecule has 1 nitrogen and oxygen atoms in total. The van der Waals surface area contributed by atoms with Crippen molar-refractivity contribution in [3.05, 3.63) is 15.6 Å². The van der Waals surface area contributed by atoms with E-state index in [2.05, 4.69) is 18.8 Å². The SMILES string of the molecule is Cc1nc(C)c(C2CC2)s1. The molecule has 54 valence electrons. The highest BCUT2D eigenvalue weighted by atomic mass is 32.1. The van der Waals surface area contributed by atoms with E-state index in [1.807, 2.05) is 11.3 Å². The van der Waals surface area contributed by atoms with Crippen LogP contribution in [0.4, 0.5) is 0 Å². The number of rotatable bonds is 1. The van der Waals surface area contributed by atoms with Gasteiger partial charge in [0.15, 0.2) is 0 Å². The molecule has 1 aromatic heterocycles. The molecule has 1 aliphatic rings. The molecule has 1 aliphatic carbocycles. The molecule has 1 fully saturated rings. The summed E-state index contributed by atoms with van der Waals surface area (Å²) in [7, 11) is 0. The van der Waals surface area contributed by atoms with Crippen molar-refractivity contribution in [2.75, 3.05) is 0 Å². The van der Waals surface area contributed by atoms with Gasteiger partial charge < -0.3 is 0 Å². The molecule has 10 heavy (non-hydrogen) atoms. The van der Waals surface area contributed by atoms with E-state index in [-0.39, 0.29) is 0 Å². The van der Waals surface area contributed by atoms with Crippen LogP contribution < -0.4 is 0 Å². The first kappa shape index (κ1) is 6.35. The minimum absolute atomic E-state index is 0.881. The number of thiazole rings is 1. The van der Waals surface area contributed by atoms with Gasteiger partial charge in [-0.3, -0.25) is 0 Å². The molecule has 0 aliphatic heterocycles. The Morgan fingerprint density at radius 3 is 2.50 bits per heavy atom. The zero-order valence-electron chi connectivity index (χ0n) is 6.35. The van der Waals surface area contributed by atoms with Gasteiger partial charge >= 0.3 is 0 Å². The fourth-order valence-corrected chi connectivity index (χ4v) is 2.37. The summed E-state index contributed by atoms with van der Waals surface area (Å²) < 4.78 is 0. The molecule has 1 saturated carbocycles. The van der Waals surface area contributed by atoms with Gasteiger partial charge in [0, 0.05) is 4.88 Å². The fourth-order valence-electron chi connectivity index (χ4n) is 1.27. The first-order valence-corrected chi connectivity index (χ1v) is 4.53. The van der Waals surface area contributed by atoms with Crippen LogP contribution in [0.5, 0.6) is 0 Å². The van der Waals surface area contributed by atoms with Gasteiger partial charge in [-0.25, -0.2) is 4.98 Å². The Morgan fingerprint density at radius 1 is 1.40 bits per heavy atom. The van der Waals surface area contributed by atoms with Gasteiger partial charge in [0.1, 0.15) is 0 Å².